The van der Waals surface area contributed by atoms with E-state index in [-0.39, 0.29) is 0 Å². The first kappa shape index (κ1) is 9.72. The van der Waals surface area contributed by atoms with Crippen LogP contribution in [0.5, 0.6) is 0 Å². The molecular formula is C13H10N2O2. The Kier molecular flexibility index (Phi) is 2.19. The molecule has 2 aliphatic rings. The number of carbonyl (C=O) groups is 1. The molecule has 0 unspecified atom stereocenters. The third kappa shape index (κ3) is 1.50. The van der Waals surface area contributed by atoms with Crippen molar-refractivity contribution in [3.63, 3.8) is 0 Å². The summed E-state index contributed by atoms with van der Waals surface area (Å²) in [6.45, 7) is 0.435. The maximum Gasteiger partial charge on any atom is 0.299 e. The largest absolute Gasteiger partial charge is 0.410 e. The van der Waals surface area contributed by atoms with Gasteiger partial charge in [-0.25, -0.2) is 5.01 Å². The van der Waals surface area contributed by atoms with Crippen LogP contribution < -0.4 is 5.01 Å². The zero-order chi connectivity index (χ0) is 11.7. The van der Waals surface area contributed by atoms with Gasteiger partial charge in [0.15, 0.2) is 0 Å². The molecule has 0 spiro atoms. The Balaban J connectivity index is 2.13. The normalized spacial score (nSPS) is 16.1. The van der Waals surface area contributed by atoms with Crippen LogP contribution in [0.2, 0.25) is 0 Å². The number of nitrogens with zero attached hydrogens (tertiary/aromatic N) is 2. The average Bonchev–Trinajstić information content (AvgIpc) is 2.39. The standard InChI is InChI=1S/C13H10N2O2/c16-10-17-13-9-11-5-1-2-6-12(11)14-7-3-4-8-15(13)14/h1-10H. The predicted molar refractivity (Wildman–Crippen MR) is 64.2 cm³/mol. The molecule has 2 aliphatic heterocycles. The second-order valence-electron chi connectivity index (χ2n) is 3.63. The van der Waals surface area contributed by atoms with Gasteiger partial charge in [0.05, 0.1) is 5.69 Å². The van der Waals surface area contributed by atoms with Gasteiger partial charge in [0.2, 0.25) is 5.88 Å². The van der Waals surface area contributed by atoms with E-state index in [1.807, 2.05) is 59.9 Å². The molecule has 0 fully saturated rings. The fourth-order valence-corrected chi connectivity index (χ4v) is 1.94. The van der Waals surface area contributed by atoms with Crippen LogP contribution in [0, 0.1) is 0 Å². The minimum absolute atomic E-state index is 0.435. The predicted octanol–water partition coefficient (Wildman–Crippen LogP) is 2.24. The van der Waals surface area contributed by atoms with Gasteiger partial charge in [-0.1, -0.05) is 18.2 Å². The number of anilines is 1. The van der Waals surface area contributed by atoms with E-state index in [1.165, 1.54) is 0 Å². The summed E-state index contributed by atoms with van der Waals surface area (Å²) in [4.78, 5) is 10.5. The van der Waals surface area contributed by atoms with Gasteiger partial charge in [0.25, 0.3) is 6.47 Å². The Hall–Kier alpha value is -2.49. The van der Waals surface area contributed by atoms with Crippen LogP contribution in [0.15, 0.2) is 54.7 Å². The maximum atomic E-state index is 10.5. The number of carbonyl (C=O) groups excluding carboxylic acids is 1. The smallest absolute Gasteiger partial charge is 0.299 e. The fourth-order valence-electron chi connectivity index (χ4n) is 1.94. The van der Waals surface area contributed by atoms with Gasteiger partial charge in [-0.3, -0.25) is 9.80 Å². The number of hydrogen-bond donors (Lipinski definition) is 0. The van der Waals surface area contributed by atoms with Crippen molar-refractivity contribution in [2.75, 3.05) is 5.01 Å². The lowest BCUT2D eigenvalue weighted by atomic mass is 10.1. The molecule has 0 atom stereocenters. The van der Waals surface area contributed by atoms with Crippen molar-refractivity contribution < 1.29 is 9.53 Å². The van der Waals surface area contributed by atoms with Crippen molar-refractivity contribution in [3.8, 4) is 0 Å². The van der Waals surface area contributed by atoms with Crippen LogP contribution in [-0.2, 0) is 9.53 Å². The lowest BCUT2D eigenvalue weighted by Crippen LogP contribution is -2.38. The zero-order valence-electron chi connectivity index (χ0n) is 8.98. The van der Waals surface area contributed by atoms with Crippen LogP contribution in [0.25, 0.3) is 6.08 Å². The SMILES string of the molecule is O=COC1=Cc2ccccc2N2C=CC=CN12. The first-order valence-corrected chi connectivity index (χ1v) is 5.24. The molecule has 4 nitrogen and oxygen atoms in total. The summed E-state index contributed by atoms with van der Waals surface area (Å²) in [5.74, 6) is 0.485. The van der Waals surface area contributed by atoms with Crippen LogP contribution in [0.3, 0.4) is 0 Å². The number of ether oxygens (including phenoxy) is 1. The third-order valence-electron chi connectivity index (χ3n) is 2.65. The highest BCUT2D eigenvalue weighted by Gasteiger charge is 2.24. The van der Waals surface area contributed by atoms with E-state index in [0.29, 0.717) is 12.4 Å². The molecule has 84 valence electrons. The quantitative estimate of drug-likeness (QED) is 0.724. The number of benzene rings is 1. The van der Waals surface area contributed by atoms with Crippen molar-refractivity contribution in [2.45, 2.75) is 0 Å². The van der Waals surface area contributed by atoms with Gasteiger partial charge in [0, 0.05) is 24.0 Å². The average molecular weight is 226 g/mol. The van der Waals surface area contributed by atoms with Crippen LogP contribution in [-0.4, -0.2) is 11.5 Å². The molecule has 1 aromatic rings. The van der Waals surface area contributed by atoms with Crippen molar-refractivity contribution in [1.82, 2.24) is 5.01 Å². The van der Waals surface area contributed by atoms with E-state index in [2.05, 4.69) is 0 Å². The number of hydrogen-bond acceptors (Lipinski definition) is 4. The zero-order valence-corrected chi connectivity index (χ0v) is 8.98. The van der Waals surface area contributed by atoms with Gasteiger partial charge >= 0.3 is 0 Å². The summed E-state index contributed by atoms with van der Waals surface area (Å²) >= 11 is 0. The monoisotopic (exact) mass is 226 g/mol. The molecule has 0 aliphatic carbocycles. The molecule has 0 N–H and O–H groups in total. The molecule has 0 radical (unpaired) electrons. The topological polar surface area (TPSA) is 32.8 Å². The van der Waals surface area contributed by atoms with E-state index in [1.54, 1.807) is 5.01 Å². The van der Waals surface area contributed by atoms with Crippen LogP contribution in [0.1, 0.15) is 5.56 Å². The van der Waals surface area contributed by atoms with E-state index in [0.717, 1.165) is 11.3 Å². The Morgan fingerprint density at radius 3 is 2.65 bits per heavy atom. The molecule has 0 saturated heterocycles. The van der Waals surface area contributed by atoms with Gasteiger partial charge in [-0.2, -0.15) is 0 Å². The van der Waals surface area contributed by atoms with E-state index in [4.69, 9.17) is 4.74 Å². The van der Waals surface area contributed by atoms with E-state index < -0.39 is 0 Å². The van der Waals surface area contributed by atoms with Gasteiger partial charge in [-0.05, 0) is 18.2 Å². The van der Waals surface area contributed by atoms with Crippen molar-refractivity contribution >= 4 is 18.2 Å². The minimum Gasteiger partial charge on any atom is -0.410 e. The number of fused-ring (bicyclic) bond motifs is 3. The highest BCUT2D eigenvalue weighted by Crippen LogP contribution is 2.33. The number of allylic oxidation sites excluding steroid dienone is 2. The molecule has 17 heavy (non-hydrogen) atoms. The highest BCUT2D eigenvalue weighted by molar-refractivity contribution is 5.73. The fraction of sp³-hybridized carbons (Fsp3) is 0. The lowest BCUT2D eigenvalue weighted by molar-refractivity contribution is -0.126. The second-order valence-corrected chi connectivity index (χ2v) is 3.63. The van der Waals surface area contributed by atoms with Gasteiger partial charge < -0.3 is 4.74 Å². The Labute approximate surface area is 98.7 Å². The summed E-state index contributed by atoms with van der Waals surface area (Å²) in [5, 5.41) is 3.70. The molecule has 3 rings (SSSR count). The molecule has 0 saturated carbocycles. The molecule has 0 bridgehead atoms. The van der Waals surface area contributed by atoms with Crippen molar-refractivity contribution in [2.24, 2.45) is 0 Å². The van der Waals surface area contributed by atoms with Gasteiger partial charge in [-0.15, -0.1) is 0 Å². The first-order chi connectivity index (χ1) is 8.40. The van der Waals surface area contributed by atoms with Crippen molar-refractivity contribution in [1.29, 1.82) is 0 Å². The first-order valence-electron chi connectivity index (χ1n) is 5.24. The lowest BCUT2D eigenvalue weighted by Gasteiger charge is -2.38. The summed E-state index contributed by atoms with van der Waals surface area (Å²) in [6, 6.07) is 7.92. The number of para-hydroxylation sites is 1. The molecule has 0 aromatic heterocycles. The molecule has 4 heteroatoms. The van der Waals surface area contributed by atoms with Crippen LogP contribution >= 0.6 is 0 Å². The molecule has 2 heterocycles. The second kappa shape index (κ2) is 3.83. The minimum atomic E-state index is 0.435. The number of rotatable bonds is 2. The Bertz CT molecular complexity index is 546. The van der Waals surface area contributed by atoms with Crippen molar-refractivity contribution in [3.05, 3.63) is 60.3 Å². The highest BCUT2D eigenvalue weighted by atomic mass is 16.5. The summed E-state index contributed by atoms with van der Waals surface area (Å²) < 4.78 is 4.99. The molecular weight excluding hydrogens is 216 g/mol. The number of hydrazine groups is 1. The summed E-state index contributed by atoms with van der Waals surface area (Å²) in [7, 11) is 0. The Morgan fingerprint density at radius 2 is 1.82 bits per heavy atom. The van der Waals surface area contributed by atoms with Gasteiger partial charge in [0.1, 0.15) is 0 Å². The summed E-state index contributed by atoms with van der Waals surface area (Å²) in [6.07, 6.45) is 9.40. The Morgan fingerprint density at radius 1 is 1.06 bits per heavy atom. The third-order valence-corrected chi connectivity index (χ3v) is 2.65. The molecule has 1 aromatic carbocycles. The molecule has 0 amide bonds. The summed E-state index contributed by atoms with van der Waals surface area (Å²) in [5.41, 5.74) is 2.06. The van der Waals surface area contributed by atoms with E-state index in [9.17, 15) is 4.79 Å². The van der Waals surface area contributed by atoms with E-state index >= 15 is 0 Å². The maximum absolute atomic E-state index is 10.5. The van der Waals surface area contributed by atoms with Crippen LogP contribution in [0.4, 0.5) is 5.69 Å².